The minimum Gasteiger partial charge on any atom is -0.394 e. The van der Waals surface area contributed by atoms with Crippen molar-refractivity contribution >= 4 is 0 Å². The summed E-state index contributed by atoms with van der Waals surface area (Å²) in [5.41, 5.74) is 0. The molecule has 0 fully saturated rings. The van der Waals surface area contributed by atoms with Crippen molar-refractivity contribution in [2.24, 2.45) is 0 Å². The maximum atomic E-state index is 9.04. The van der Waals surface area contributed by atoms with Crippen LogP contribution in [0.5, 0.6) is 0 Å². The summed E-state index contributed by atoms with van der Waals surface area (Å²) in [7, 11) is 0. The molecule has 0 rings (SSSR count). The third-order valence-corrected chi connectivity index (χ3v) is 2.83. The Balaban J connectivity index is 3.01. The van der Waals surface area contributed by atoms with Gasteiger partial charge in [0.25, 0.3) is 0 Å². The van der Waals surface area contributed by atoms with E-state index in [1.807, 2.05) is 0 Å². The molecule has 0 unspecified atom stereocenters. The van der Waals surface area contributed by atoms with Crippen molar-refractivity contribution in [3.63, 3.8) is 0 Å². The molecule has 0 heterocycles. The fourth-order valence-electron chi connectivity index (χ4n) is 1.73. The molecule has 3 heteroatoms. The topological polar surface area (TPSA) is 49.7 Å². The van der Waals surface area contributed by atoms with Crippen LogP contribution >= 0.6 is 0 Å². The van der Waals surface area contributed by atoms with Gasteiger partial charge in [-0.05, 0) is 25.7 Å². The van der Waals surface area contributed by atoms with Gasteiger partial charge in [-0.1, -0.05) is 44.8 Å². The SMILES string of the molecule is CC/C=C/CCCCCCCCOC[C@H](O)CO. The zero-order chi connectivity index (χ0) is 13.5. The first-order valence-electron chi connectivity index (χ1n) is 7.33. The average Bonchev–Trinajstić information content (AvgIpc) is 2.39. The highest BCUT2D eigenvalue weighted by atomic mass is 16.5. The summed E-state index contributed by atoms with van der Waals surface area (Å²) >= 11 is 0. The monoisotopic (exact) mass is 258 g/mol. The van der Waals surface area contributed by atoms with E-state index in [1.165, 1.54) is 38.5 Å². The van der Waals surface area contributed by atoms with Crippen LogP contribution in [0, 0.1) is 0 Å². The van der Waals surface area contributed by atoms with E-state index in [4.69, 9.17) is 14.9 Å². The van der Waals surface area contributed by atoms with Crippen molar-refractivity contribution in [1.82, 2.24) is 0 Å². The van der Waals surface area contributed by atoms with Gasteiger partial charge in [-0.3, -0.25) is 0 Å². The van der Waals surface area contributed by atoms with Crippen molar-refractivity contribution in [3.8, 4) is 0 Å². The Morgan fingerprint density at radius 1 is 1.00 bits per heavy atom. The Hall–Kier alpha value is -0.380. The third-order valence-electron chi connectivity index (χ3n) is 2.83. The highest BCUT2D eigenvalue weighted by molar-refractivity contribution is 4.79. The molecule has 0 aromatic rings. The van der Waals surface area contributed by atoms with Crippen molar-refractivity contribution in [1.29, 1.82) is 0 Å². The number of hydrogen-bond donors (Lipinski definition) is 2. The Bertz CT molecular complexity index is 181. The molecule has 0 aliphatic carbocycles. The molecule has 0 aliphatic rings. The zero-order valence-electron chi connectivity index (χ0n) is 11.8. The normalized spacial score (nSPS) is 13.3. The second kappa shape index (κ2) is 14.7. The average molecular weight is 258 g/mol. The molecule has 18 heavy (non-hydrogen) atoms. The molecule has 3 nitrogen and oxygen atoms in total. The van der Waals surface area contributed by atoms with E-state index in [0.717, 1.165) is 12.8 Å². The summed E-state index contributed by atoms with van der Waals surface area (Å²) < 4.78 is 5.24. The van der Waals surface area contributed by atoms with Crippen LogP contribution in [0.15, 0.2) is 12.2 Å². The Morgan fingerprint density at radius 2 is 1.67 bits per heavy atom. The summed E-state index contributed by atoms with van der Waals surface area (Å²) in [6, 6.07) is 0. The molecule has 0 aromatic heterocycles. The predicted molar refractivity (Wildman–Crippen MR) is 75.7 cm³/mol. The van der Waals surface area contributed by atoms with Gasteiger partial charge in [0.15, 0.2) is 0 Å². The predicted octanol–water partition coefficient (Wildman–Crippen LogP) is 3.05. The maximum absolute atomic E-state index is 9.04. The molecular formula is C15H30O3. The number of unbranched alkanes of at least 4 members (excludes halogenated alkanes) is 6. The number of hydrogen-bond acceptors (Lipinski definition) is 3. The number of rotatable bonds is 13. The second-order valence-corrected chi connectivity index (χ2v) is 4.70. The molecule has 2 N–H and O–H groups in total. The highest BCUT2D eigenvalue weighted by Gasteiger charge is 2.00. The fourth-order valence-corrected chi connectivity index (χ4v) is 1.73. The molecule has 0 amide bonds. The van der Waals surface area contributed by atoms with E-state index >= 15 is 0 Å². The van der Waals surface area contributed by atoms with Gasteiger partial charge in [-0.2, -0.15) is 0 Å². The molecule has 1 atom stereocenters. The van der Waals surface area contributed by atoms with Gasteiger partial charge in [0.1, 0.15) is 6.10 Å². The van der Waals surface area contributed by atoms with Crippen LogP contribution in [-0.4, -0.2) is 36.1 Å². The molecule has 0 saturated carbocycles. The lowest BCUT2D eigenvalue weighted by molar-refractivity contribution is 0.00526. The molecule has 0 bridgehead atoms. The van der Waals surface area contributed by atoms with E-state index < -0.39 is 6.10 Å². The lowest BCUT2D eigenvalue weighted by Gasteiger charge is -2.07. The number of ether oxygens (including phenoxy) is 1. The number of aliphatic hydroxyl groups excluding tert-OH is 2. The van der Waals surface area contributed by atoms with Crippen molar-refractivity contribution in [3.05, 3.63) is 12.2 Å². The van der Waals surface area contributed by atoms with Crippen LogP contribution in [0.2, 0.25) is 0 Å². The van der Waals surface area contributed by atoms with E-state index in [-0.39, 0.29) is 13.2 Å². The highest BCUT2D eigenvalue weighted by Crippen LogP contribution is 2.07. The minimum atomic E-state index is -0.721. The van der Waals surface area contributed by atoms with Crippen LogP contribution < -0.4 is 0 Å². The van der Waals surface area contributed by atoms with Gasteiger partial charge in [0.2, 0.25) is 0 Å². The Labute approximate surface area is 112 Å². The van der Waals surface area contributed by atoms with Crippen molar-refractivity contribution in [2.75, 3.05) is 19.8 Å². The van der Waals surface area contributed by atoms with E-state index in [2.05, 4.69) is 19.1 Å². The van der Waals surface area contributed by atoms with Gasteiger partial charge < -0.3 is 14.9 Å². The molecule has 0 aliphatic heterocycles. The summed E-state index contributed by atoms with van der Waals surface area (Å²) in [5, 5.41) is 17.6. The van der Waals surface area contributed by atoms with Crippen molar-refractivity contribution in [2.45, 2.75) is 64.4 Å². The lowest BCUT2D eigenvalue weighted by atomic mass is 10.1. The van der Waals surface area contributed by atoms with Crippen molar-refractivity contribution < 1.29 is 14.9 Å². The van der Waals surface area contributed by atoms with Gasteiger partial charge in [0, 0.05) is 6.61 Å². The number of allylic oxidation sites excluding steroid dienone is 2. The summed E-state index contributed by atoms with van der Waals surface area (Å²) in [6.45, 7) is 2.89. The first kappa shape index (κ1) is 17.6. The fraction of sp³-hybridized carbons (Fsp3) is 0.867. The molecule has 0 radical (unpaired) electrons. The van der Waals surface area contributed by atoms with Crippen LogP contribution in [-0.2, 0) is 4.74 Å². The van der Waals surface area contributed by atoms with Gasteiger partial charge in [-0.15, -0.1) is 0 Å². The maximum Gasteiger partial charge on any atom is 0.100 e. The Kier molecular flexibility index (Phi) is 14.4. The van der Waals surface area contributed by atoms with Crippen LogP contribution in [0.25, 0.3) is 0 Å². The first-order valence-corrected chi connectivity index (χ1v) is 7.33. The first-order chi connectivity index (χ1) is 8.81. The molecule has 108 valence electrons. The van der Waals surface area contributed by atoms with E-state index in [0.29, 0.717) is 6.61 Å². The molecule has 0 aromatic carbocycles. The second-order valence-electron chi connectivity index (χ2n) is 4.70. The zero-order valence-corrected chi connectivity index (χ0v) is 11.8. The Morgan fingerprint density at radius 3 is 2.33 bits per heavy atom. The summed E-state index contributed by atoms with van der Waals surface area (Å²) in [6.07, 6.45) is 13.6. The van der Waals surface area contributed by atoms with Crippen LogP contribution in [0.4, 0.5) is 0 Å². The van der Waals surface area contributed by atoms with Gasteiger partial charge in [-0.25, -0.2) is 0 Å². The largest absolute Gasteiger partial charge is 0.394 e. The molecule has 0 saturated heterocycles. The standard InChI is InChI=1S/C15H30O3/c1-2-3-4-5-6-7-8-9-10-11-12-18-14-15(17)13-16/h3-4,15-17H,2,5-14H2,1H3/b4-3+/t15-/m1/s1. The van der Waals surface area contributed by atoms with Gasteiger partial charge in [0.05, 0.1) is 13.2 Å². The van der Waals surface area contributed by atoms with E-state index in [9.17, 15) is 0 Å². The third kappa shape index (κ3) is 13.7. The minimum absolute atomic E-state index is 0.216. The smallest absolute Gasteiger partial charge is 0.100 e. The van der Waals surface area contributed by atoms with Gasteiger partial charge >= 0.3 is 0 Å². The summed E-state index contributed by atoms with van der Waals surface area (Å²) in [4.78, 5) is 0. The molecular weight excluding hydrogens is 228 g/mol. The van der Waals surface area contributed by atoms with Crippen LogP contribution in [0.3, 0.4) is 0 Å². The summed E-state index contributed by atoms with van der Waals surface area (Å²) in [5.74, 6) is 0. The van der Waals surface area contributed by atoms with E-state index in [1.54, 1.807) is 0 Å². The molecule has 0 spiro atoms. The lowest BCUT2D eigenvalue weighted by Crippen LogP contribution is -2.19. The van der Waals surface area contributed by atoms with Crippen LogP contribution in [0.1, 0.15) is 58.3 Å². The number of aliphatic hydroxyl groups is 2. The quantitative estimate of drug-likeness (QED) is 0.394.